The van der Waals surface area contributed by atoms with Crippen molar-refractivity contribution in [3.05, 3.63) is 48.0 Å². The maximum atomic E-state index is 13.0. The van der Waals surface area contributed by atoms with Crippen LogP contribution in [-0.4, -0.2) is 19.1 Å². The van der Waals surface area contributed by atoms with Crippen molar-refractivity contribution in [3.63, 3.8) is 0 Å². The highest BCUT2D eigenvalue weighted by atomic mass is 19.4. The number of rotatable bonds is 6. The minimum Gasteiger partial charge on any atom is -0.502 e. The number of halogens is 4. The molecule has 1 rings (SSSR count). The summed E-state index contributed by atoms with van der Waals surface area (Å²) in [4.78, 5) is 11.6. The molecule has 20 heavy (non-hydrogen) atoms. The molecule has 0 aliphatic carbocycles. The van der Waals surface area contributed by atoms with Gasteiger partial charge in [0, 0.05) is 12.1 Å². The number of amides is 1. The van der Waals surface area contributed by atoms with Gasteiger partial charge in [-0.1, -0.05) is 6.58 Å². The Kier molecular flexibility index (Phi) is 5.54. The smallest absolute Gasteiger partial charge is 0.419 e. The molecule has 0 bridgehead atoms. The van der Waals surface area contributed by atoms with Gasteiger partial charge >= 0.3 is 6.18 Å². The third-order valence-corrected chi connectivity index (χ3v) is 2.38. The van der Waals surface area contributed by atoms with E-state index in [-0.39, 0.29) is 12.1 Å². The maximum absolute atomic E-state index is 13.0. The molecule has 0 saturated heterocycles. The first-order valence-corrected chi connectivity index (χ1v) is 5.73. The Morgan fingerprint density at radius 2 is 2.10 bits per heavy atom. The first-order chi connectivity index (χ1) is 9.36. The molecular weight excluding hydrogens is 278 g/mol. The third kappa shape index (κ3) is 4.56. The summed E-state index contributed by atoms with van der Waals surface area (Å²) < 4.78 is 55.3. The van der Waals surface area contributed by atoms with Crippen LogP contribution in [0.5, 0.6) is 0 Å². The number of nitrogens with one attached hydrogen (secondary N) is 1. The summed E-state index contributed by atoms with van der Waals surface area (Å²) in [6.45, 7) is 3.89. The van der Waals surface area contributed by atoms with Crippen LogP contribution < -0.4 is 5.32 Å². The number of carbonyl (C=O) groups excluding carboxylic acids is 1. The van der Waals surface area contributed by atoms with Crippen LogP contribution in [0.1, 0.15) is 22.3 Å². The molecule has 0 radical (unpaired) electrons. The molecule has 0 aliphatic heterocycles. The predicted molar refractivity (Wildman–Crippen MR) is 64.5 cm³/mol. The highest BCUT2D eigenvalue weighted by Crippen LogP contribution is 2.31. The normalized spacial score (nSPS) is 11.0. The van der Waals surface area contributed by atoms with E-state index < -0.39 is 23.5 Å². The number of benzene rings is 1. The molecule has 0 aliphatic rings. The van der Waals surface area contributed by atoms with Crippen LogP contribution in [0.3, 0.4) is 0 Å². The topological polar surface area (TPSA) is 38.3 Å². The Hall–Kier alpha value is -2.05. The summed E-state index contributed by atoms with van der Waals surface area (Å²) in [5.74, 6) is -2.11. The first-order valence-electron chi connectivity index (χ1n) is 5.73. The molecular formula is C13H13F4NO2. The minimum absolute atomic E-state index is 0.228. The van der Waals surface area contributed by atoms with E-state index in [1.807, 2.05) is 0 Å². The Bertz CT molecular complexity index is 486. The Labute approximate surface area is 113 Å². The second-order valence-corrected chi connectivity index (χ2v) is 3.84. The average Bonchev–Trinajstić information content (AvgIpc) is 2.37. The molecule has 0 atom stereocenters. The van der Waals surface area contributed by atoms with Gasteiger partial charge in [-0.2, -0.15) is 13.2 Å². The fourth-order valence-corrected chi connectivity index (χ4v) is 1.43. The van der Waals surface area contributed by atoms with Gasteiger partial charge < -0.3 is 10.1 Å². The number of alkyl halides is 3. The van der Waals surface area contributed by atoms with E-state index in [2.05, 4.69) is 11.9 Å². The van der Waals surface area contributed by atoms with E-state index in [1.54, 1.807) is 0 Å². The van der Waals surface area contributed by atoms with Gasteiger partial charge in [0.25, 0.3) is 5.91 Å². The van der Waals surface area contributed by atoms with Crippen molar-refractivity contribution in [2.24, 2.45) is 0 Å². The molecule has 0 spiro atoms. The minimum atomic E-state index is -4.84. The average molecular weight is 291 g/mol. The van der Waals surface area contributed by atoms with Gasteiger partial charge in [-0.05, 0) is 24.6 Å². The van der Waals surface area contributed by atoms with Crippen molar-refractivity contribution in [3.8, 4) is 0 Å². The molecule has 110 valence electrons. The largest absolute Gasteiger partial charge is 0.502 e. The summed E-state index contributed by atoms with van der Waals surface area (Å²) in [6, 6.07) is 2.11. The van der Waals surface area contributed by atoms with Gasteiger partial charge in [0.05, 0.1) is 18.4 Å². The lowest BCUT2D eigenvalue weighted by molar-refractivity contribution is -0.140. The zero-order valence-electron chi connectivity index (χ0n) is 10.5. The zero-order valence-corrected chi connectivity index (χ0v) is 10.5. The zero-order chi connectivity index (χ0) is 15.2. The van der Waals surface area contributed by atoms with E-state index in [4.69, 9.17) is 4.74 Å². The molecule has 3 nitrogen and oxygen atoms in total. The second-order valence-electron chi connectivity index (χ2n) is 3.84. The lowest BCUT2D eigenvalue weighted by Crippen LogP contribution is -2.25. The summed E-state index contributed by atoms with van der Waals surface area (Å²) >= 11 is 0. The van der Waals surface area contributed by atoms with E-state index in [1.165, 1.54) is 6.26 Å². The van der Waals surface area contributed by atoms with Gasteiger partial charge in [-0.15, -0.1) is 0 Å². The fraction of sp³-hybridized carbons (Fsp3) is 0.308. The van der Waals surface area contributed by atoms with E-state index in [9.17, 15) is 22.4 Å². The number of carbonyl (C=O) groups is 1. The van der Waals surface area contributed by atoms with E-state index >= 15 is 0 Å². The van der Waals surface area contributed by atoms with Crippen LogP contribution in [-0.2, 0) is 10.9 Å². The quantitative estimate of drug-likeness (QED) is 0.497. The number of hydrogen-bond donors (Lipinski definition) is 1. The van der Waals surface area contributed by atoms with Crippen molar-refractivity contribution >= 4 is 5.91 Å². The third-order valence-electron chi connectivity index (χ3n) is 2.38. The van der Waals surface area contributed by atoms with Crippen molar-refractivity contribution in [2.75, 3.05) is 13.2 Å². The summed E-state index contributed by atoms with van der Waals surface area (Å²) in [5.41, 5.74) is -1.71. The van der Waals surface area contributed by atoms with Crippen molar-refractivity contribution in [1.29, 1.82) is 0 Å². The molecule has 1 N–H and O–H groups in total. The fourth-order valence-electron chi connectivity index (χ4n) is 1.43. The summed E-state index contributed by atoms with van der Waals surface area (Å²) in [5, 5.41) is 2.41. The maximum Gasteiger partial charge on any atom is 0.419 e. The van der Waals surface area contributed by atoms with E-state index in [0.717, 1.165) is 6.07 Å². The van der Waals surface area contributed by atoms with Crippen molar-refractivity contribution in [1.82, 2.24) is 5.32 Å². The van der Waals surface area contributed by atoms with Crippen LogP contribution in [0.4, 0.5) is 17.6 Å². The van der Waals surface area contributed by atoms with Crippen molar-refractivity contribution in [2.45, 2.75) is 12.6 Å². The highest BCUT2D eigenvalue weighted by Gasteiger charge is 2.34. The number of ether oxygens (including phenoxy) is 1. The van der Waals surface area contributed by atoms with E-state index in [0.29, 0.717) is 25.2 Å². The summed E-state index contributed by atoms with van der Waals surface area (Å²) in [7, 11) is 0. The molecule has 1 aromatic rings. The molecule has 0 aromatic heterocycles. The van der Waals surface area contributed by atoms with Crippen LogP contribution in [0.15, 0.2) is 31.0 Å². The second kappa shape index (κ2) is 6.93. The molecule has 0 fully saturated rings. The van der Waals surface area contributed by atoms with Gasteiger partial charge in [-0.3, -0.25) is 4.79 Å². The SMILES string of the molecule is C=COCCCNC(=O)c1ccc(F)c(C(F)(F)F)c1. The van der Waals surface area contributed by atoms with Crippen LogP contribution in [0.2, 0.25) is 0 Å². The van der Waals surface area contributed by atoms with Crippen molar-refractivity contribution < 1.29 is 27.1 Å². The lowest BCUT2D eigenvalue weighted by atomic mass is 10.1. The van der Waals surface area contributed by atoms with Crippen LogP contribution in [0.25, 0.3) is 0 Å². The molecule has 7 heteroatoms. The lowest BCUT2D eigenvalue weighted by Gasteiger charge is -2.10. The monoisotopic (exact) mass is 291 g/mol. The Balaban J connectivity index is 2.67. The molecule has 0 unspecified atom stereocenters. The molecule has 1 aromatic carbocycles. The molecule has 0 heterocycles. The standard InChI is InChI=1S/C13H13F4NO2/c1-2-20-7-3-6-18-12(19)9-4-5-11(14)10(8-9)13(15,16)17/h2,4-5,8H,1,3,6-7H2,(H,18,19). The van der Waals surface area contributed by atoms with Gasteiger partial charge in [0.2, 0.25) is 0 Å². The van der Waals surface area contributed by atoms with Gasteiger partial charge in [-0.25, -0.2) is 4.39 Å². The molecule has 1 amide bonds. The van der Waals surface area contributed by atoms with Crippen LogP contribution in [0, 0.1) is 5.82 Å². The highest BCUT2D eigenvalue weighted by molar-refractivity contribution is 5.94. The van der Waals surface area contributed by atoms with Crippen LogP contribution >= 0.6 is 0 Å². The van der Waals surface area contributed by atoms with Gasteiger partial charge in [0.15, 0.2) is 0 Å². The number of hydrogen-bond acceptors (Lipinski definition) is 2. The Morgan fingerprint density at radius 3 is 2.70 bits per heavy atom. The first kappa shape index (κ1) is 16.0. The molecule has 0 saturated carbocycles. The summed E-state index contributed by atoms with van der Waals surface area (Å²) in [6.07, 6.45) is -3.11. The van der Waals surface area contributed by atoms with Gasteiger partial charge in [0.1, 0.15) is 5.82 Å². The predicted octanol–water partition coefficient (Wildman–Crippen LogP) is 3.12. The Morgan fingerprint density at radius 1 is 1.40 bits per heavy atom.